The van der Waals surface area contributed by atoms with Crippen molar-refractivity contribution in [3.05, 3.63) is 61.9 Å². The number of hydrogen-bond acceptors (Lipinski definition) is 3. The highest BCUT2D eigenvalue weighted by Gasteiger charge is 2.19. The summed E-state index contributed by atoms with van der Waals surface area (Å²) in [6.45, 7) is 0.103. The summed E-state index contributed by atoms with van der Waals surface area (Å²) in [4.78, 5) is 21.2. The highest BCUT2D eigenvalue weighted by molar-refractivity contribution is 6.35. The summed E-state index contributed by atoms with van der Waals surface area (Å²) in [6.07, 6.45) is 1.16. The molecule has 2 aromatic rings. The average Bonchev–Trinajstić information content (AvgIpc) is 2.77. The molecule has 0 spiro atoms. The van der Waals surface area contributed by atoms with Crippen LogP contribution >= 0.6 is 23.2 Å². The summed E-state index contributed by atoms with van der Waals surface area (Å²) in [5, 5.41) is 20.6. The normalized spacial score (nSPS) is 10.5. The molecule has 0 bridgehead atoms. The van der Waals surface area contributed by atoms with Gasteiger partial charge in [0.1, 0.15) is 5.69 Å². The fourth-order valence-electron chi connectivity index (χ4n) is 1.74. The van der Waals surface area contributed by atoms with Crippen molar-refractivity contribution in [2.45, 2.75) is 6.54 Å². The average molecular weight is 315 g/mol. The Morgan fingerprint density at radius 3 is 2.60 bits per heavy atom. The van der Waals surface area contributed by atoms with Gasteiger partial charge in [0.25, 0.3) is 5.69 Å². The van der Waals surface area contributed by atoms with Crippen molar-refractivity contribution in [3.63, 3.8) is 0 Å². The van der Waals surface area contributed by atoms with Crippen molar-refractivity contribution in [1.82, 2.24) is 4.57 Å². The Kier molecular flexibility index (Phi) is 3.96. The minimum atomic E-state index is -1.25. The number of nitrogens with zero attached hydrogens (tertiary/aromatic N) is 2. The van der Waals surface area contributed by atoms with E-state index >= 15 is 0 Å². The number of carboxylic acids is 1. The lowest BCUT2D eigenvalue weighted by Gasteiger charge is -2.08. The van der Waals surface area contributed by atoms with Gasteiger partial charge in [0.15, 0.2) is 0 Å². The molecule has 1 aromatic carbocycles. The molecule has 0 fully saturated rings. The van der Waals surface area contributed by atoms with Crippen molar-refractivity contribution < 1.29 is 14.8 Å². The lowest BCUT2D eigenvalue weighted by molar-refractivity contribution is -0.384. The van der Waals surface area contributed by atoms with Gasteiger partial charge in [-0.25, -0.2) is 4.79 Å². The van der Waals surface area contributed by atoms with E-state index in [1.54, 1.807) is 12.1 Å². The van der Waals surface area contributed by atoms with Crippen molar-refractivity contribution in [2.75, 3.05) is 0 Å². The largest absolute Gasteiger partial charge is 0.477 e. The van der Waals surface area contributed by atoms with Crippen molar-refractivity contribution in [3.8, 4) is 0 Å². The van der Waals surface area contributed by atoms with Crippen molar-refractivity contribution in [2.24, 2.45) is 0 Å². The van der Waals surface area contributed by atoms with Crippen LogP contribution in [0.4, 0.5) is 5.69 Å². The molecule has 2 rings (SSSR count). The molecular weight excluding hydrogens is 307 g/mol. The number of aromatic nitrogens is 1. The van der Waals surface area contributed by atoms with E-state index in [-0.39, 0.29) is 17.9 Å². The molecule has 1 heterocycles. The number of aromatic carboxylic acids is 1. The predicted octanol–water partition coefficient (Wildman–Crippen LogP) is 3.45. The number of carboxylic acid groups (broad SMARTS) is 1. The summed E-state index contributed by atoms with van der Waals surface area (Å²) < 4.78 is 1.26. The van der Waals surface area contributed by atoms with Crippen LogP contribution in [0.15, 0.2) is 30.5 Å². The lowest BCUT2D eigenvalue weighted by Crippen LogP contribution is -2.08. The monoisotopic (exact) mass is 314 g/mol. The molecular formula is C12H8Cl2N2O4. The van der Waals surface area contributed by atoms with Gasteiger partial charge >= 0.3 is 5.97 Å². The number of benzene rings is 1. The maximum atomic E-state index is 11.1. The van der Waals surface area contributed by atoms with Crippen LogP contribution in [0.3, 0.4) is 0 Å². The molecule has 8 heteroatoms. The fraction of sp³-hybridized carbons (Fsp3) is 0.0833. The van der Waals surface area contributed by atoms with Gasteiger partial charge in [-0.05, 0) is 17.7 Å². The third kappa shape index (κ3) is 2.92. The van der Waals surface area contributed by atoms with Gasteiger partial charge in [0, 0.05) is 22.7 Å². The number of nitro groups is 1. The van der Waals surface area contributed by atoms with Crippen LogP contribution in [-0.4, -0.2) is 20.6 Å². The Bertz CT molecular complexity index is 697. The molecule has 0 unspecified atom stereocenters. The van der Waals surface area contributed by atoms with E-state index in [1.165, 1.54) is 10.6 Å². The van der Waals surface area contributed by atoms with E-state index in [4.69, 9.17) is 28.3 Å². The van der Waals surface area contributed by atoms with Gasteiger partial charge in [-0.3, -0.25) is 10.1 Å². The Labute approximate surface area is 123 Å². The summed E-state index contributed by atoms with van der Waals surface area (Å²) in [6, 6.07) is 5.78. The number of halogens is 2. The molecule has 0 aliphatic rings. The first-order chi connectivity index (χ1) is 9.38. The first-order valence-corrected chi connectivity index (χ1v) is 6.16. The van der Waals surface area contributed by atoms with Crippen LogP contribution in [0.5, 0.6) is 0 Å². The Balaban J connectivity index is 2.42. The Morgan fingerprint density at radius 1 is 1.35 bits per heavy atom. The van der Waals surface area contributed by atoms with E-state index < -0.39 is 10.9 Å². The van der Waals surface area contributed by atoms with Crippen LogP contribution in [0, 0.1) is 10.1 Å². The van der Waals surface area contributed by atoms with Gasteiger partial charge in [0.05, 0.1) is 11.1 Å². The second-order valence-corrected chi connectivity index (χ2v) is 4.85. The first kappa shape index (κ1) is 14.4. The van der Waals surface area contributed by atoms with Gasteiger partial charge < -0.3 is 9.67 Å². The second-order valence-electron chi connectivity index (χ2n) is 4.01. The maximum Gasteiger partial charge on any atom is 0.352 e. The Morgan fingerprint density at radius 2 is 2.05 bits per heavy atom. The molecule has 0 aliphatic carbocycles. The fourth-order valence-corrected chi connectivity index (χ4v) is 2.21. The van der Waals surface area contributed by atoms with Crippen LogP contribution in [0.1, 0.15) is 16.1 Å². The van der Waals surface area contributed by atoms with E-state index in [2.05, 4.69) is 0 Å². The molecule has 1 N–H and O–H groups in total. The van der Waals surface area contributed by atoms with E-state index in [0.29, 0.717) is 15.6 Å². The van der Waals surface area contributed by atoms with Gasteiger partial charge in [-0.15, -0.1) is 0 Å². The highest BCUT2D eigenvalue weighted by Crippen LogP contribution is 2.24. The lowest BCUT2D eigenvalue weighted by atomic mass is 10.2. The SMILES string of the molecule is O=C(O)c1cc([N+](=O)[O-])cn1Cc1ccc(Cl)cc1Cl. The number of rotatable bonds is 4. The zero-order valence-electron chi connectivity index (χ0n) is 9.92. The third-order valence-corrected chi connectivity index (χ3v) is 3.25. The minimum Gasteiger partial charge on any atom is -0.477 e. The number of hydrogen-bond donors (Lipinski definition) is 1. The van der Waals surface area contributed by atoms with Crippen LogP contribution < -0.4 is 0 Å². The van der Waals surface area contributed by atoms with Crippen LogP contribution in [0.2, 0.25) is 10.0 Å². The molecule has 104 valence electrons. The van der Waals surface area contributed by atoms with Gasteiger partial charge in [0.2, 0.25) is 0 Å². The summed E-state index contributed by atoms with van der Waals surface area (Å²) in [5.74, 6) is -1.25. The molecule has 1 aromatic heterocycles. The molecule has 20 heavy (non-hydrogen) atoms. The summed E-state index contributed by atoms with van der Waals surface area (Å²) in [5.41, 5.74) is 0.152. The van der Waals surface area contributed by atoms with E-state index in [1.807, 2.05) is 0 Å². The zero-order valence-corrected chi connectivity index (χ0v) is 11.4. The molecule has 0 amide bonds. The van der Waals surface area contributed by atoms with E-state index in [0.717, 1.165) is 12.3 Å². The second kappa shape index (κ2) is 5.52. The summed E-state index contributed by atoms with van der Waals surface area (Å²) >= 11 is 11.8. The van der Waals surface area contributed by atoms with Gasteiger partial charge in [-0.1, -0.05) is 29.3 Å². The molecule has 0 aliphatic heterocycles. The van der Waals surface area contributed by atoms with E-state index in [9.17, 15) is 14.9 Å². The summed E-state index contributed by atoms with van der Waals surface area (Å²) in [7, 11) is 0. The molecule has 0 saturated carbocycles. The van der Waals surface area contributed by atoms with Gasteiger partial charge in [-0.2, -0.15) is 0 Å². The number of carbonyl (C=O) groups is 1. The topological polar surface area (TPSA) is 85.4 Å². The minimum absolute atomic E-state index is 0.103. The molecule has 0 saturated heterocycles. The van der Waals surface area contributed by atoms with Crippen molar-refractivity contribution in [1.29, 1.82) is 0 Å². The van der Waals surface area contributed by atoms with Crippen LogP contribution in [0.25, 0.3) is 0 Å². The maximum absolute atomic E-state index is 11.1. The molecule has 6 nitrogen and oxygen atoms in total. The molecule has 0 atom stereocenters. The highest BCUT2D eigenvalue weighted by atomic mass is 35.5. The standard InChI is InChI=1S/C12H8Cl2N2O4/c13-8-2-1-7(10(14)3-8)5-15-6-9(16(19)20)4-11(15)12(17)18/h1-4,6H,5H2,(H,17,18). The first-order valence-electron chi connectivity index (χ1n) is 5.40. The molecule has 0 radical (unpaired) electrons. The Hall–Kier alpha value is -2.05. The zero-order chi connectivity index (χ0) is 14.9. The van der Waals surface area contributed by atoms with Crippen LogP contribution in [-0.2, 0) is 6.54 Å². The smallest absolute Gasteiger partial charge is 0.352 e. The predicted molar refractivity (Wildman–Crippen MR) is 73.6 cm³/mol. The third-order valence-electron chi connectivity index (χ3n) is 2.67. The quantitative estimate of drug-likeness (QED) is 0.691. The van der Waals surface area contributed by atoms with Crippen molar-refractivity contribution >= 4 is 34.9 Å².